The monoisotopic (exact) mass is 535 g/mol. The molecule has 0 N–H and O–H groups in total. The molecule has 3 aromatic heterocycles. The van der Waals surface area contributed by atoms with E-state index >= 15 is 0 Å². The number of nitrogens with zero attached hydrogens (tertiary/aromatic N) is 5. The van der Waals surface area contributed by atoms with Crippen LogP contribution in [0.3, 0.4) is 0 Å². The van der Waals surface area contributed by atoms with E-state index in [0.29, 0.717) is 18.7 Å². The smallest absolute Gasteiger partial charge is 0.367 e. The van der Waals surface area contributed by atoms with E-state index in [1.165, 1.54) is 0 Å². The van der Waals surface area contributed by atoms with E-state index in [0.717, 1.165) is 46.9 Å². The third-order valence-corrected chi connectivity index (χ3v) is 6.96. The highest BCUT2D eigenvalue weighted by molar-refractivity contribution is 5.81. The molecule has 0 radical (unpaired) electrons. The molecule has 4 heterocycles. The molecule has 0 spiro atoms. The number of carbonyl (C=O) groups is 2. The standard InChI is InChI=1S/C29H28F3N5O2/c1-20(38)35-11-13-36(14-12-35)24-5-6-26(33-18-24)22-8-10-37-27(19-34-28(37)17-22)23-4-2-3-21(15-23)16-25(39)7-9-29(30,31)32/h2-6,8,10,15,17-19H,7,9,11-14,16H2,1H3. The van der Waals surface area contributed by atoms with Crippen LogP contribution < -0.4 is 4.90 Å². The summed E-state index contributed by atoms with van der Waals surface area (Å²) in [7, 11) is 0. The van der Waals surface area contributed by atoms with Crippen LogP contribution in [0.5, 0.6) is 0 Å². The van der Waals surface area contributed by atoms with Crippen LogP contribution in [-0.4, -0.2) is 63.3 Å². The van der Waals surface area contributed by atoms with Crippen LogP contribution in [0.4, 0.5) is 18.9 Å². The van der Waals surface area contributed by atoms with Crippen LogP contribution in [0.25, 0.3) is 28.2 Å². The third-order valence-electron chi connectivity index (χ3n) is 6.96. The number of fused-ring (bicyclic) bond motifs is 1. The summed E-state index contributed by atoms with van der Waals surface area (Å²) in [5, 5.41) is 0. The lowest BCUT2D eigenvalue weighted by Crippen LogP contribution is -2.48. The number of hydrogen-bond acceptors (Lipinski definition) is 5. The van der Waals surface area contributed by atoms with E-state index in [-0.39, 0.29) is 12.3 Å². The second kappa shape index (κ2) is 10.9. The Bertz CT molecular complexity index is 1490. The molecule has 1 aliphatic heterocycles. The van der Waals surface area contributed by atoms with Crippen LogP contribution in [0, 0.1) is 0 Å². The number of piperazine rings is 1. The minimum Gasteiger partial charge on any atom is -0.367 e. The zero-order valence-corrected chi connectivity index (χ0v) is 21.5. The number of amides is 1. The van der Waals surface area contributed by atoms with Crippen LogP contribution in [-0.2, 0) is 16.0 Å². The molecule has 1 saturated heterocycles. The van der Waals surface area contributed by atoms with E-state index in [1.54, 1.807) is 25.3 Å². The quantitative estimate of drug-likeness (QED) is 0.326. The van der Waals surface area contributed by atoms with Gasteiger partial charge in [0, 0.05) is 63.3 Å². The van der Waals surface area contributed by atoms with Gasteiger partial charge in [0.1, 0.15) is 11.4 Å². The van der Waals surface area contributed by atoms with E-state index in [1.807, 2.05) is 58.1 Å². The molecule has 4 aromatic rings. The van der Waals surface area contributed by atoms with Crippen molar-refractivity contribution in [3.63, 3.8) is 0 Å². The first-order chi connectivity index (χ1) is 18.7. The fourth-order valence-corrected chi connectivity index (χ4v) is 4.81. The zero-order chi connectivity index (χ0) is 27.6. The van der Waals surface area contributed by atoms with Gasteiger partial charge in [-0.3, -0.25) is 19.0 Å². The molecular weight excluding hydrogens is 507 g/mol. The summed E-state index contributed by atoms with van der Waals surface area (Å²) in [4.78, 5) is 36.9. The Balaban J connectivity index is 1.29. The maximum Gasteiger partial charge on any atom is 0.389 e. The van der Waals surface area contributed by atoms with Crippen molar-refractivity contribution in [1.82, 2.24) is 19.3 Å². The number of rotatable bonds is 7. The number of ketones is 1. The minimum absolute atomic E-state index is 0.0428. The van der Waals surface area contributed by atoms with E-state index < -0.39 is 24.8 Å². The molecule has 39 heavy (non-hydrogen) atoms. The van der Waals surface area contributed by atoms with Crippen molar-refractivity contribution >= 4 is 23.0 Å². The number of alkyl halides is 3. The Hall–Kier alpha value is -4.21. The van der Waals surface area contributed by atoms with Crippen molar-refractivity contribution in [2.75, 3.05) is 31.1 Å². The van der Waals surface area contributed by atoms with Crippen molar-refractivity contribution in [2.24, 2.45) is 0 Å². The molecule has 1 amide bonds. The molecule has 1 aromatic carbocycles. The number of hydrogen-bond donors (Lipinski definition) is 0. The summed E-state index contributed by atoms with van der Waals surface area (Å²) in [5.41, 5.74) is 5.77. The highest BCUT2D eigenvalue weighted by atomic mass is 19.4. The van der Waals surface area contributed by atoms with Gasteiger partial charge in [-0.1, -0.05) is 18.2 Å². The first kappa shape index (κ1) is 26.4. The van der Waals surface area contributed by atoms with Crippen LogP contribution >= 0.6 is 0 Å². The Morgan fingerprint density at radius 3 is 2.41 bits per heavy atom. The first-order valence-electron chi connectivity index (χ1n) is 12.8. The second-order valence-electron chi connectivity index (χ2n) is 9.71. The lowest BCUT2D eigenvalue weighted by molar-refractivity contribution is -0.143. The number of halogens is 3. The average Bonchev–Trinajstić information content (AvgIpc) is 3.35. The molecule has 202 valence electrons. The van der Waals surface area contributed by atoms with Crippen molar-refractivity contribution in [1.29, 1.82) is 0 Å². The van der Waals surface area contributed by atoms with E-state index in [9.17, 15) is 22.8 Å². The number of carbonyl (C=O) groups excluding carboxylic acids is 2. The van der Waals surface area contributed by atoms with Crippen molar-refractivity contribution in [3.8, 4) is 22.5 Å². The maximum atomic E-state index is 12.4. The van der Waals surface area contributed by atoms with Gasteiger partial charge in [0.15, 0.2) is 0 Å². The summed E-state index contributed by atoms with van der Waals surface area (Å²) in [6, 6.07) is 15.2. The summed E-state index contributed by atoms with van der Waals surface area (Å²) >= 11 is 0. The zero-order valence-electron chi connectivity index (χ0n) is 21.5. The van der Waals surface area contributed by atoms with Gasteiger partial charge in [-0.25, -0.2) is 4.98 Å². The fraction of sp³-hybridized carbons (Fsp3) is 0.310. The lowest BCUT2D eigenvalue weighted by atomic mass is 10.0. The van der Waals surface area contributed by atoms with Gasteiger partial charge in [0.25, 0.3) is 0 Å². The number of pyridine rings is 2. The Morgan fingerprint density at radius 1 is 0.923 bits per heavy atom. The predicted molar refractivity (Wildman–Crippen MR) is 142 cm³/mol. The summed E-state index contributed by atoms with van der Waals surface area (Å²) in [6.07, 6.45) is -0.502. The molecule has 5 rings (SSSR count). The highest BCUT2D eigenvalue weighted by Gasteiger charge is 2.27. The van der Waals surface area contributed by atoms with Crippen LogP contribution in [0.2, 0.25) is 0 Å². The summed E-state index contributed by atoms with van der Waals surface area (Å²) in [6.45, 7) is 4.54. The molecule has 7 nitrogen and oxygen atoms in total. The molecule has 1 fully saturated rings. The number of Topliss-reactive ketones (excluding diaryl/α,β-unsaturated/α-hetero) is 1. The fourth-order valence-electron chi connectivity index (χ4n) is 4.81. The van der Waals surface area contributed by atoms with Gasteiger partial charge in [-0.05, 0) is 35.9 Å². The molecule has 0 atom stereocenters. The average molecular weight is 536 g/mol. The topological polar surface area (TPSA) is 70.8 Å². The molecule has 0 bridgehead atoms. The number of imidazole rings is 1. The molecular formula is C29H28F3N5O2. The normalized spacial score (nSPS) is 14.2. The highest BCUT2D eigenvalue weighted by Crippen LogP contribution is 2.27. The SMILES string of the molecule is CC(=O)N1CCN(c2ccc(-c3ccn4c(-c5cccc(CC(=O)CCC(F)(F)F)c5)cnc4c3)nc2)CC1. The van der Waals surface area contributed by atoms with Gasteiger partial charge >= 0.3 is 6.18 Å². The van der Waals surface area contributed by atoms with Crippen molar-refractivity contribution in [2.45, 2.75) is 32.4 Å². The summed E-state index contributed by atoms with van der Waals surface area (Å²) in [5.74, 6) is -0.340. The summed E-state index contributed by atoms with van der Waals surface area (Å²) < 4.78 is 39.2. The maximum absolute atomic E-state index is 12.4. The van der Waals surface area contributed by atoms with E-state index in [4.69, 9.17) is 0 Å². The van der Waals surface area contributed by atoms with Gasteiger partial charge in [0.2, 0.25) is 5.91 Å². The largest absolute Gasteiger partial charge is 0.389 e. The Labute approximate surface area is 223 Å². The molecule has 0 aliphatic carbocycles. The van der Waals surface area contributed by atoms with Crippen LogP contribution in [0.1, 0.15) is 25.3 Å². The number of aromatic nitrogens is 3. The lowest BCUT2D eigenvalue weighted by Gasteiger charge is -2.35. The van der Waals surface area contributed by atoms with Crippen LogP contribution in [0.15, 0.2) is 67.1 Å². The molecule has 10 heteroatoms. The number of benzene rings is 1. The number of anilines is 1. The predicted octanol–water partition coefficient (Wildman–Crippen LogP) is 5.19. The Morgan fingerprint density at radius 2 is 1.72 bits per heavy atom. The second-order valence-corrected chi connectivity index (χ2v) is 9.71. The van der Waals surface area contributed by atoms with Gasteiger partial charge in [0.05, 0.1) is 35.9 Å². The Kier molecular flexibility index (Phi) is 7.36. The van der Waals surface area contributed by atoms with Crippen molar-refractivity contribution in [3.05, 3.63) is 72.7 Å². The molecule has 0 unspecified atom stereocenters. The first-order valence-corrected chi connectivity index (χ1v) is 12.8. The minimum atomic E-state index is -4.34. The molecule has 0 saturated carbocycles. The molecule has 1 aliphatic rings. The van der Waals surface area contributed by atoms with Gasteiger partial charge in [-0.2, -0.15) is 13.2 Å². The van der Waals surface area contributed by atoms with Gasteiger partial charge < -0.3 is 9.80 Å². The van der Waals surface area contributed by atoms with Gasteiger partial charge in [-0.15, -0.1) is 0 Å². The van der Waals surface area contributed by atoms with Crippen molar-refractivity contribution < 1.29 is 22.8 Å². The van der Waals surface area contributed by atoms with E-state index in [2.05, 4.69) is 14.9 Å². The third kappa shape index (κ3) is 6.27.